The number of rotatable bonds is 5. The molecule has 4 aliphatic rings. The third kappa shape index (κ3) is 4.10. The first-order valence-corrected chi connectivity index (χ1v) is 13.0. The summed E-state index contributed by atoms with van der Waals surface area (Å²) >= 11 is 0. The summed E-state index contributed by atoms with van der Waals surface area (Å²) in [5.74, 6) is 2.60. The van der Waals surface area contributed by atoms with E-state index in [1.165, 1.54) is 25.7 Å². The van der Waals surface area contributed by atoms with Gasteiger partial charge in [0.2, 0.25) is 0 Å². The summed E-state index contributed by atoms with van der Waals surface area (Å²) < 4.78 is 7.58. The standard InChI is InChI=1S/C27H38N4O2/c1-26-14-19-13-21(17-27(2,18-26)16-20(19)15-26)28-25(32)24-22-5-3-4-7-31(22)23(29-24)6-8-30-9-11-33-12-10-30/h3-5,7,19-21H,6,8-18H2,1-2H3,(H,28,32). The Labute approximate surface area is 197 Å². The third-order valence-corrected chi connectivity index (χ3v) is 9.04. The summed E-state index contributed by atoms with van der Waals surface area (Å²) in [6, 6.07) is 6.32. The van der Waals surface area contributed by atoms with Crippen molar-refractivity contribution >= 4 is 11.4 Å². The van der Waals surface area contributed by atoms with E-state index in [0.29, 0.717) is 16.5 Å². The predicted molar refractivity (Wildman–Crippen MR) is 128 cm³/mol. The minimum absolute atomic E-state index is 0.00320. The van der Waals surface area contributed by atoms with Gasteiger partial charge in [0.1, 0.15) is 5.82 Å². The van der Waals surface area contributed by atoms with Crippen molar-refractivity contribution in [2.75, 3.05) is 32.8 Å². The van der Waals surface area contributed by atoms with E-state index in [4.69, 9.17) is 9.72 Å². The third-order valence-electron chi connectivity index (χ3n) is 9.04. The van der Waals surface area contributed by atoms with Gasteiger partial charge in [-0.15, -0.1) is 0 Å². The maximum absolute atomic E-state index is 13.5. The van der Waals surface area contributed by atoms with Gasteiger partial charge in [-0.3, -0.25) is 9.69 Å². The Bertz CT molecular complexity index is 1040. The van der Waals surface area contributed by atoms with Gasteiger partial charge in [-0.2, -0.15) is 0 Å². The molecule has 6 nitrogen and oxygen atoms in total. The summed E-state index contributed by atoms with van der Waals surface area (Å²) in [4.78, 5) is 20.8. The molecule has 3 saturated carbocycles. The average molecular weight is 451 g/mol. The van der Waals surface area contributed by atoms with E-state index in [2.05, 4.69) is 28.5 Å². The van der Waals surface area contributed by atoms with Crippen LogP contribution in [0, 0.1) is 22.7 Å². The Balaban J connectivity index is 1.20. The minimum Gasteiger partial charge on any atom is -0.379 e. The number of hydrogen-bond acceptors (Lipinski definition) is 4. The van der Waals surface area contributed by atoms with E-state index in [-0.39, 0.29) is 11.9 Å². The van der Waals surface area contributed by atoms with Gasteiger partial charge >= 0.3 is 0 Å². The average Bonchev–Trinajstić information content (AvgIpc) is 3.23. The second kappa shape index (κ2) is 8.09. The summed E-state index contributed by atoms with van der Waals surface area (Å²) in [5, 5.41) is 3.45. The first-order valence-electron chi connectivity index (χ1n) is 13.0. The van der Waals surface area contributed by atoms with Crippen LogP contribution in [0.2, 0.25) is 0 Å². The van der Waals surface area contributed by atoms with Crippen molar-refractivity contribution in [2.45, 2.75) is 64.8 Å². The normalized spacial score (nSPS) is 36.2. The number of imidazole rings is 1. The van der Waals surface area contributed by atoms with Crippen molar-refractivity contribution in [1.82, 2.24) is 19.6 Å². The van der Waals surface area contributed by atoms with Crippen LogP contribution in [0.25, 0.3) is 5.52 Å². The molecule has 0 aromatic carbocycles. The number of hydrogen-bond donors (Lipinski definition) is 1. The molecule has 5 atom stereocenters. The van der Waals surface area contributed by atoms with E-state index in [0.717, 1.165) is 75.3 Å². The number of carbonyl (C=O) groups is 1. The molecule has 1 amide bonds. The SMILES string of the molecule is CC12CC(NC(=O)c3nc(CCN4CCOCC4)n4ccccc34)CC3CC(C)(CC3C1)C2. The second-order valence-corrected chi connectivity index (χ2v) is 12.1. The topological polar surface area (TPSA) is 58.9 Å². The van der Waals surface area contributed by atoms with E-state index in [1.54, 1.807) is 0 Å². The summed E-state index contributed by atoms with van der Waals surface area (Å²) in [5.41, 5.74) is 2.40. The summed E-state index contributed by atoms with van der Waals surface area (Å²) in [6.45, 7) is 9.47. The molecule has 5 unspecified atom stereocenters. The number of aromatic nitrogens is 2. The number of nitrogens with one attached hydrogen (secondary N) is 1. The quantitative estimate of drug-likeness (QED) is 0.750. The van der Waals surface area contributed by atoms with Crippen LogP contribution in [0.1, 0.15) is 68.7 Å². The maximum atomic E-state index is 13.5. The van der Waals surface area contributed by atoms with Crippen molar-refractivity contribution in [3.8, 4) is 0 Å². The Morgan fingerprint density at radius 1 is 1.12 bits per heavy atom. The zero-order valence-corrected chi connectivity index (χ0v) is 20.2. The maximum Gasteiger partial charge on any atom is 0.272 e. The molecular formula is C27H38N4O2. The highest BCUT2D eigenvalue weighted by atomic mass is 16.5. The molecule has 1 N–H and O–H groups in total. The number of pyridine rings is 1. The molecule has 0 spiro atoms. The van der Waals surface area contributed by atoms with Crippen molar-refractivity contribution in [3.05, 3.63) is 35.9 Å². The van der Waals surface area contributed by atoms with Gasteiger partial charge in [0.15, 0.2) is 5.69 Å². The highest BCUT2D eigenvalue weighted by Crippen LogP contribution is 2.64. The predicted octanol–water partition coefficient (Wildman–Crippen LogP) is 3.93. The van der Waals surface area contributed by atoms with Crippen LogP contribution in [0.15, 0.2) is 24.4 Å². The lowest BCUT2D eigenvalue weighted by molar-refractivity contribution is 0.0382. The molecule has 0 radical (unpaired) electrons. The zero-order valence-electron chi connectivity index (χ0n) is 20.2. The molecule has 1 saturated heterocycles. The largest absolute Gasteiger partial charge is 0.379 e. The first-order chi connectivity index (χ1) is 15.9. The van der Waals surface area contributed by atoms with Crippen LogP contribution in [0.3, 0.4) is 0 Å². The van der Waals surface area contributed by atoms with Crippen LogP contribution in [0.5, 0.6) is 0 Å². The number of fused-ring (bicyclic) bond motifs is 3. The Hall–Kier alpha value is -1.92. The summed E-state index contributed by atoms with van der Waals surface area (Å²) in [6.07, 6.45) is 10.5. The van der Waals surface area contributed by atoms with Gasteiger partial charge in [-0.1, -0.05) is 19.9 Å². The minimum atomic E-state index is 0.00320. The molecule has 4 fully saturated rings. The van der Waals surface area contributed by atoms with Crippen LogP contribution >= 0.6 is 0 Å². The summed E-state index contributed by atoms with van der Waals surface area (Å²) in [7, 11) is 0. The second-order valence-electron chi connectivity index (χ2n) is 12.1. The smallest absolute Gasteiger partial charge is 0.272 e. The lowest BCUT2D eigenvalue weighted by atomic mass is 9.62. The molecule has 3 aliphatic carbocycles. The number of ether oxygens (including phenoxy) is 1. The fraction of sp³-hybridized carbons (Fsp3) is 0.704. The molecule has 2 aromatic rings. The van der Waals surface area contributed by atoms with Gasteiger partial charge < -0.3 is 14.5 Å². The molecule has 6 heteroatoms. The van der Waals surface area contributed by atoms with Crippen molar-refractivity contribution in [2.24, 2.45) is 22.7 Å². The lowest BCUT2D eigenvalue weighted by Gasteiger charge is -2.44. The highest BCUT2D eigenvalue weighted by Gasteiger charge is 2.54. The Morgan fingerprint density at radius 3 is 2.70 bits per heavy atom. The van der Waals surface area contributed by atoms with Crippen LogP contribution < -0.4 is 5.32 Å². The van der Waals surface area contributed by atoms with Crippen LogP contribution in [0.4, 0.5) is 0 Å². The highest BCUT2D eigenvalue weighted by molar-refractivity contribution is 5.99. The van der Waals surface area contributed by atoms with Crippen LogP contribution in [-0.4, -0.2) is 59.1 Å². The Kier molecular flexibility index (Phi) is 5.29. The van der Waals surface area contributed by atoms with Crippen LogP contribution in [-0.2, 0) is 11.2 Å². The lowest BCUT2D eigenvalue weighted by Crippen LogP contribution is -2.41. The van der Waals surface area contributed by atoms with Gasteiger partial charge in [-0.05, 0) is 73.3 Å². The van der Waals surface area contributed by atoms with E-state index < -0.39 is 0 Å². The molecule has 178 valence electrons. The number of morpholine rings is 1. The first kappa shape index (κ1) is 21.6. The molecule has 1 aliphatic heterocycles. The monoisotopic (exact) mass is 450 g/mol. The molecule has 3 bridgehead atoms. The van der Waals surface area contributed by atoms with Gasteiger partial charge in [-0.25, -0.2) is 4.98 Å². The van der Waals surface area contributed by atoms with E-state index in [9.17, 15) is 4.79 Å². The number of carbonyl (C=O) groups excluding carboxylic acids is 1. The van der Waals surface area contributed by atoms with Crippen molar-refractivity contribution in [1.29, 1.82) is 0 Å². The molecule has 33 heavy (non-hydrogen) atoms. The van der Waals surface area contributed by atoms with Gasteiger partial charge in [0.05, 0.1) is 18.7 Å². The Morgan fingerprint density at radius 2 is 1.88 bits per heavy atom. The molecular weight excluding hydrogens is 412 g/mol. The van der Waals surface area contributed by atoms with Gasteiger partial charge in [0, 0.05) is 38.3 Å². The van der Waals surface area contributed by atoms with E-state index >= 15 is 0 Å². The number of amides is 1. The van der Waals surface area contributed by atoms with E-state index in [1.807, 2.05) is 24.4 Å². The zero-order chi connectivity index (χ0) is 22.6. The molecule has 2 aromatic heterocycles. The van der Waals surface area contributed by atoms with Crippen molar-refractivity contribution < 1.29 is 9.53 Å². The van der Waals surface area contributed by atoms with Gasteiger partial charge in [0.25, 0.3) is 5.91 Å². The fourth-order valence-electron chi connectivity index (χ4n) is 8.17. The number of nitrogens with zero attached hydrogens (tertiary/aromatic N) is 3. The molecule has 6 rings (SSSR count). The fourth-order valence-corrected chi connectivity index (χ4v) is 8.17. The van der Waals surface area contributed by atoms with Crippen molar-refractivity contribution in [3.63, 3.8) is 0 Å². The molecule has 3 heterocycles.